The van der Waals surface area contributed by atoms with Gasteiger partial charge in [-0.25, -0.2) is 0 Å². The lowest BCUT2D eigenvalue weighted by molar-refractivity contribution is 0.0752. The molecule has 1 heterocycles. The molecule has 5 nitrogen and oxygen atoms in total. The van der Waals surface area contributed by atoms with Crippen molar-refractivity contribution in [3.05, 3.63) is 23.8 Å². The highest BCUT2D eigenvalue weighted by molar-refractivity contribution is 5.96. The average molecular weight is 261 g/mol. The molecule has 5 heteroatoms. The number of anilines is 2. The van der Waals surface area contributed by atoms with Crippen molar-refractivity contribution in [3.8, 4) is 0 Å². The fraction of sp³-hybridized carbons (Fsp3) is 0.500. The minimum atomic E-state index is -0.256. The van der Waals surface area contributed by atoms with E-state index in [4.69, 9.17) is 11.5 Å². The van der Waals surface area contributed by atoms with Crippen molar-refractivity contribution < 1.29 is 9.90 Å². The molecule has 5 N–H and O–H groups in total. The number of nitrogen functional groups attached to an aromatic ring is 2. The number of rotatable bonds is 1. The van der Waals surface area contributed by atoms with E-state index < -0.39 is 0 Å². The second kappa shape index (κ2) is 4.42. The van der Waals surface area contributed by atoms with Gasteiger partial charge in [0.05, 0.1) is 6.10 Å². The molecule has 1 aromatic rings. The van der Waals surface area contributed by atoms with Crippen molar-refractivity contribution in [2.24, 2.45) is 11.8 Å². The zero-order valence-electron chi connectivity index (χ0n) is 10.7. The highest BCUT2D eigenvalue weighted by atomic mass is 16.3. The minimum absolute atomic E-state index is 0.0411. The van der Waals surface area contributed by atoms with E-state index in [1.165, 1.54) is 0 Å². The number of nitrogens with two attached hydrogens (primary N) is 2. The van der Waals surface area contributed by atoms with Gasteiger partial charge < -0.3 is 21.5 Å². The van der Waals surface area contributed by atoms with Gasteiger partial charge in [-0.15, -0.1) is 0 Å². The summed E-state index contributed by atoms with van der Waals surface area (Å²) in [5, 5.41) is 9.88. The monoisotopic (exact) mass is 261 g/mol. The van der Waals surface area contributed by atoms with Crippen molar-refractivity contribution in [1.29, 1.82) is 0 Å². The normalized spacial score (nSPS) is 29.5. The summed E-state index contributed by atoms with van der Waals surface area (Å²) < 4.78 is 0. The number of carbonyl (C=O) groups excluding carboxylic acids is 1. The molecule has 102 valence electrons. The van der Waals surface area contributed by atoms with Crippen LogP contribution in [0.25, 0.3) is 0 Å². The van der Waals surface area contributed by atoms with Gasteiger partial charge in [0.2, 0.25) is 0 Å². The molecule has 3 atom stereocenters. The maximum absolute atomic E-state index is 12.4. The van der Waals surface area contributed by atoms with Crippen molar-refractivity contribution in [2.75, 3.05) is 24.6 Å². The van der Waals surface area contributed by atoms with Crippen LogP contribution in [0.4, 0.5) is 11.4 Å². The molecule has 0 bridgehead atoms. The molecule has 2 fully saturated rings. The summed E-state index contributed by atoms with van der Waals surface area (Å²) in [4.78, 5) is 14.2. The van der Waals surface area contributed by atoms with Gasteiger partial charge in [-0.05, 0) is 37.0 Å². The number of likely N-dealkylation sites (tertiary alicyclic amines) is 1. The maximum atomic E-state index is 12.4. The van der Waals surface area contributed by atoms with Gasteiger partial charge in [-0.3, -0.25) is 4.79 Å². The van der Waals surface area contributed by atoms with E-state index in [2.05, 4.69) is 0 Å². The molecular weight excluding hydrogens is 242 g/mol. The third-order valence-electron chi connectivity index (χ3n) is 4.33. The Kier molecular flexibility index (Phi) is 2.86. The number of hydrogen-bond donors (Lipinski definition) is 3. The number of amides is 1. The van der Waals surface area contributed by atoms with Crippen LogP contribution < -0.4 is 11.5 Å². The summed E-state index contributed by atoms with van der Waals surface area (Å²) in [7, 11) is 0. The predicted octanol–water partition coefficient (Wildman–Crippen LogP) is 0.694. The summed E-state index contributed by atoms with van der Waals surface area (Å²) >= 11 is 0. The van der Waals surface area contributed by atoms with Crippen LogP contribution in [0.5, 0.6) is 0 Å². The largest absolute Gasteiger partial charge is 0.399 e. The van der Waals surface area contributed by atoms with Gasteiger partial charge in [-0.1, -0.05) is 0 Å². The Morgan fingerprint density at radius 1 is 1.16 bits per heavy atom. The third kappa shape index (κ3) is 2.14. The van der Waals surface area contributed by atoms with Gasteiger partial charge in [-0.2, -0.15) is 0 Å². The molecule has 0 radical (unpaired) electrons. The number of carbonyl (C=O) groups is 1. The fourth-order valence-electron chi connectivity index (χ4n) is 3.39. The van der Waals surface area contributed by atoms with E-state index in [9.17, 15) is 9.90 Å². The van der Waals surface area contributed by atoms with Crippen molar-refractivity contribution in [1.82, 2.24) is 4.90 Å². The molecule has 1 amide bonds. The first-order chi connectivity index (χ1) is 9.04. The van der Waals surface area contributed by atoms with E-state index >= 15 is 0 Å². The molecule has 2 aliphatic rings. The molecule has 1 aliphatic carbocycles. The zero-order chi connectivity index (χ0) is 13.6. The van der Waals surface area contributed by atoms with Crippen LogP contribution in [-0.4, -0.2) is 35.1 Å². The number of hydrogen-bond acceptors (Lipinski definition) is 4. The zero-order valence-corrected chi connectivity index (χ0v) is 10.7. The first-order valence-corrected chi connectivity index (χ1v) is 6.68. The summed E-state index contributed by atoms with van der Waals surface area (Å²) in [5.41, 5.74) is 13.0. The predicted molar refractivity (Wildman–Crippen MR) is 73.4 cm³/mol. The Bertz CT molecular complexity index is 497. The van der Waals surface area contributed by atoms with Crippen LogP contribution in [-0.2, 0) is 0 Å². The van der Waals surface area contributed by atoms with Crippen molar-refractivity contribution in [2.45, 2.75) is 18.9 Å². The highest BCUT2D eigenvalue weighted by Gasteiger charge is 2.43. The van der Waals surface area contributed by atoms with Crippen LogP contribution in [0.15, 0.2) is 18.2 Å². The van der Waals surface area contributed by atoms with Crippen molar-refractivity contribution in [3.63, 3.8) is 0 Å². The Morgan fingerprint density at radius 3 is 2.47 bits per heavy atom. The van der Waals surface area contributed by atoms with E-state index in [1.807, 2.05) is 4.90 Å². The van der Waals surface area contributed by atoms with Crippen LogP contribution >= 0.6 is 0 Å². The van der Waals surface area contributed by atoms with E-state index in [1.54, 1.807) is 18.2 Å². The Labute approximate surface area is 112 Å². The Morgan fingerprint density at radius 2 is 1.84 bits per heavy atom. The van der Waals surface area contributed by atoms with Crippen LogP contribution in [0, 0.1) is 11.8 Å². The summed E-state index contributed by atoms with van der Waals surface area (Å²) in [6, 6.07) is 4.95. The van der Waals surface area contributed by atoms with Gasteiger partial charge in [0.25, 0.3) is 5.91 Å². The van der Waals surface area contributed by atoms with Gasteiger partial charge in [0.15, 0.2) is 0 Å². The molecule has 1 saturated heterocycles. The van der Waals surface area contributed by atoms with Crippen molar-refractivity contribution >= 4 is 17.3 Å². The number of nitrogens with zero attached hydrogens (tertiary/aromatic N) is 1. The second-order valence-electron chi connectivity index (χ2n) is 5.67. The van der Waals surface area contributed by atoms with Crippen LogP contribution in [0.3, 0.4) is 0 Å². The first kappa shape index (κ1) is 12.3. The number of aliphatic hydroxyl groups excluding tert-OH is 1. The standard InChI is InChI=1S/C14H19N3O2/c15-10-3-9(4-11(16)5-10)14(19)17-6-8-1-2-13(18)12(8)7-17/h3-5,8,12-13,18H,1-2,6-7,15-16H2. The maximum Gasteiger partial charge on any atom is 0.254 e. The smallest absolute Gasteiger partial charge is 0.254 e. The minimum Gasteiger partial charge on any atom is -0.399 e. The number of aliphatic hydroxyl groups is 1. The fourth-order valence-corrected chi connectivity index (χ4v) is 3.39. The van der Waals surface area contributed by atoms with E-state index in [0.717, 1.165) is 19.4 Å². The molecule has 19 heavy (non-hydrogen) atoms. The molecular formula is C14H19N3O2. The summed E-state index contributed by atoms with van der Waals surface area (Å²) in [6.07, 6.45) is 1.62. The van der Waals surface area contributed by atoms with Crippen LogP contribution in [0.1, 0.15) is 23.2 Å². The lowest BCUT2D eigenvalue weighted by atomic mass is 10.00. The van der Waals surface area contributed by atoms with E-state index in [0.29, 0.717) is 29.4 Å². The lowest BCUT2D eigenvalue weighted by Gasteiger charge is -2.19. The second-order valence-corrected chi connectivity index (χ2v) is 5.67. The molecule has 0 aromatic heterocycles. The summed E-state index contributed by atoms with van der Waals surface area (Å²) in [5.74, 6) is 0.639. The topological polar surface area (TPSA) is 92.6 Å². The quantitative estimate of drug-likeness (QED) is 0.649. The Hall–Kier alpha value is -1.75. The summed E-state index contributed by atoms with van der Waals surface area (Å²) in [6.45, 7) is 1.37. The lowest BCUT2D eigenvalue weighted by Crippen LogP contribution is -2.31. The van der Waals surface area contributed by atoms with Gasteiger partial charge in [0.1, 0.15) is 0 Å². The van der Waals surface area contributed by atoms with Crippen LogP contribution in [0.2, 0.25) is 0 Å². The molecule has 1 aliphatic heterocycles. The highest BCUT2D eigenvalue weighted by Crippen LogP contribution is 2.38. The van der Waals surface area contributed by atoms with Gasteiger partial charge in [0, 0.05) is 35.9 Å². The molecule has 0 spiro atoms. The first-order valence-electron chi connectivity index (χ1n) is 6.68. The number of benzene rings is 1. The average Bonchev–Trinajstić information content (AvgIpc) is 2.90. The third-order valence-corrected chi connectivity index (χ3v) is 4.33. The Balaban J connectivity index is 1.78. The molecule has 3 unspecified atom stereocenters. The SMILES string of the molecule is Nc1cc(N)cc(C(=O)N2CC3CCC(O)C3C2)c1. The molecule has 3 rings (SSSR count). The van der Waals surface area contributed by atoms with Gasteiger partial charge >= 0.3 is 0 Å². The molecule has 1 aromatic carbocycles. The molecule has 1 saturated carbocycles. The number of fused-ring (bicyclic) bond motifs is 1. The van der Waals surface area contributed by atoms with E-state index in [-0.39, 0.29) is 17.9 Å².